The molecule has 1 saturated heterocycles. The summed E-state index contributed by atoms with van der Waals surface area (Å²) < 4.78 is 5.47. The predicted molar refractivity (Wildman–Crippen MR) is 77.3 cm³/mol. The van der Waals surface area contributed by atoms with E-state index in [1.54, 1.807) is 0 Å². The number of aliphatic hydroxyl groups is 1. The van der Waals surface area contributed by atoms with Crippen LogP contribution in [0.25, 0.3) is 0 Å². The Balaban J connectivity index is 1.92. The fourth-order valence-corrected chi connectivity index (χ4v) is 3.53. The van der Waals surface area contributed by atoms with E-state index in [1.165, 1.54) is 32.1 Å². The molecule has 0 bridgehead atoms. The van der Waals surface area contributed by atoms with Gasteiger partial charge in [0, 0.05) is 19.1 Å². The molecule has 2 rings (SSSR count). The van der Waals surface area contributed by atoms with Gasteiger partial charge in [-0.25, -0.2) is 0 Å². The van der Waals surface area contributed by atoms with E-state index >= 15 is 0 Å². The topological polar surface area (TPSA) is 44.7 Å². The Labute approximate surface area is 117 Å². The molecule has 0 spiro atoms. The third kappa shape index (κ3) is 4.42. The van der Waals surface area contributed by atoms with Crippen molar-refractivity contribution in [1.82, 2.24) is 10.2 Å². The zero-order valence-electron chi connectivity index (χ0n) is 12.3. The van der Waals surface area contributed by atoms with Crippen molar-refractivity contribution in [3.05, 3.63) is 0 Å². The average Bonchev–Trinajstić information content (AvgIpc) is 2.66. The first-order valence-electron chi connectivity index (χ1n) is 8.01. The van der Waals surface area contributed by atoms with E-state index in [0.717, 1.165) is 32.2 Å². The highest BCUT2D eigenvalue weighted by Gasteiger charge is 2.29. The maximum Gasteiger partial charge on any atom is 0.0644 e. The van der Waals surface area contributed by atoms with E-state index in [2.05, 4.69) is 17.1 Å². The molecule has 0 aromatic rings. The monoisotopic (exact) mass is 270 g/mol. The third-order valence-electron chi connectivity index (χ3n) is 4.65. The third-order valence-corrected chi connectivity index (χ3v) is 4.65. The minimum atomic E-state index is 0.208. The Bertz CT molecular complexity index is 250. The molecule has 19 heavy (non-hydrogen) atoms. The maximum absolute atomic E-state index is 9.48. The molecule has 3 atom stereocenters. The predicted octanol–water partition coefficient (Wildman–Crippen LogP) is 1.24. The minimum absolute atomic E-state index is 0.208. The first-order valence-corrected chi connectivity index (χ1v) is 8.01. The molecule has 4 nitrogen and oxygen atoms in total. The van der Waals surface area contributed by atoms with Crippen LogP contribution >= 0.6 is 0 Å². The Kier molecular flexibility index (Phi) is 6.57. The van der Waals surface area contributed by atoms with Crippen LogP contribution in [0.5, 0.6) is 0 Å². The Morgan fingerprint density at radius 3 is 2.89 bits per heavy atom. The second kappa shape index (κ2) is 8.20. The van der Waals surface area contributed by atoms with Gasteiger partial charge in [-0.3, -0.25) is 4.90 Å². The number of rotatable bonds is 5. The Morgan fingerprint density at radius 2 is 2.11 bits per heavy atom. The number of nitrogens with zero attached hydrogens (tertiary/aromatic N) is 1. The fourth-order valence-electron chi connectivity index (χ4n) is 3.53. The van der Waals surface area contributed by atoms with Crippen LogP contribution in [-0.4, -0.2) is 61.5 Å². The number of hydrogen-bond donors (Lipinski definition) is 2. The van der Waals surface area contributed by atoms with Crippen LogP contribution in [0.2, 0.25) is 0 Å². The molecular weight excluding hydrogens is 240 g/mol. The van der Waals surface area contributed by atoms with Gasteiger partial charge in [-0.2, -0.15) is 0 Å². The molecule has 4 heteroatoms. The summed E-state index contributed by atoms with van der Waals surface area (Å²) >= 11 is 0. The van der Waals surface area contributed by atoms with Gasteiger partial charge in [-0.15, -0.1) is 0 Å². The quantitative estimate of drug-likeness (QED) is 0.738. The lowest BCUT2D eigenvalue weighted by Crippen LogP contribution is -2.51. The second-order valence-electron chi connectivity index (χ2n) is 5.97. The summed E-state index contributed by atoms with van der Waals surface area (Å²) in [4.78, 5) is 2.45. The van der Waals surface area contributed by atoms with Crippen LogP contribution in [0.4, 0.5) is 0 Å². The number of ether oxygens (including phenoxy) is 1. The van der Waals surface area contributed by atoms with Crippen LogP contribution in [0.3, 0.4) is 0 Å². The highest BCUT2D eigenvalue weighted by molar-refractivity contribution is 4.84. The van der Waals surface area contributed by atoms with Gasteiger partial charge in [0.15, 0.2) is 0 Å². The molecule has 2 fully saturated rings. The molecule has 0 aromatic carbocycles. The summed E-state index contributed by atoms with van der Waals surface area (Å²) in [5.41, 5.74) is 0. The summed E-state index contributed by atoms with van der Waals surface area (Å²) in [5, 5.41) is 13.2. The van der Waals surface area contributed by atoms with E-state index in [9.17, 15) is 5.11 Å². The van der Waals surface area contributed by atoms with Gasteiger partial charge in [0.2, 0.25) is 0 Å². The maximum atomic E-state index is 9.48. The molecule has 2 aliphatic rings. The largest absolute Gasteiger partial charge is 0.395 e. The SMILES string of the molecule is CCNC1CCCCCC1CN1CCOCC1CO. The molecule has 0 radical (unpaired) electrons. The molecule has 0 amide bonds. The van der Waals surface area contributed by atoms with Gasteiger partial charge in [-0.05, 0) is 25.3 Å². The number of nitrogens with one attached hydrogen (secondary N) is 1. The van der Waals surface area contributed by atoms with Crippen molar-refractivity contribution >= 4 is 0 Å². The number of morpholine rings is 1. The molecule has 112 valence electrons. The highest BCUT2D eigenvalue weighted by Crippen LogP contribution is 2.25. The van der Waals surface area contributed by atoms with Crippen molar-refractivity contribution in [2.45, 2.75) is 51.1 Å². The van der Waals surface area contributed by atoms with Crippen LogP contribution in [-0.2, 0) is 4.74 Å². The summed E-state index contributed by atoms with van der Waals surface area (Å²) in [6.07, 6.45) is 6.74. The van der Waals surface area contributed by atoms with Crippen molar-refractivity contribution in [3.63, 3.8) is 0 Å². The van der Waals surface area contributed by atoms with Gasteiger partial charge in [0.05, 0.1) is 25.9 Å². The summed E-state index contributed by atoms with van der Waals surface area (Å²) in [6.45, 7) is 7.08. The fraction of sp³-hybridized carbons (Fsp3) is 1.00. The second-order valence-corrected chi connectivity index (χ2v) is 5.97. The summed E-state index contributed by atoms with van der Waals surface area (Å²) in [6, 6.07) is 0.869. The molecule has 3 unspecified atom stereocenters. The molecule has 1 aliphatic heterocycles. The zero-order valence-corrected chi connectivity index (χ0v) is 12.3. The van der Waals surface area contributed by atoms with Gasteiger partial charge in [0.25, 0.3) is 0 Å². The van der Waals surface area contributed by atoms with E-state index < -0.39 is 0 Å². The molecule has 1 saturated carbocycles. The molecule has 2 N–H and O–H groups in total. The molecule has 1 heterocycles. The van der Waals surface area contributed by atoms with Crippen molar-refractivity contribution in [2.75, 3.05) is 39.5 Å². The first-order chi connectivity index (χ1) is 9.35. The van der Waals surface area contributed by atoms with Crippen LogP contribution in [0.1, 0.15) is 39.0 Å². The highest BCUT2D eigenvalue weighted by atomic mass is 16.5. The Hall–Kier alpha value is -0.160. The smallest absolute Gasteiger partial charge is 0.0644 e. The van der Waals surface area contributed by atoms with Crippen LogP contribution < -0.4 is 5.32 Å². The number of hydrogen-bond acceptors (Lipinski definition) is 4. The van der Waals surface area contributed by atoms with E-state index in [-0.39, 0.29) is 12.6 Å². The van der Waals surface area contributed by atoms with Gasteiger partial charge in [0.1, 0.15) is 0 Å². The number of aliphatic hydroxyl groups excluding tert-OH is 1. The van der Waals surface area contributed by atoms with Gasteiger partial charge < -0.3 is 15.2 Å². The summed E-state index contributed by atoms with van der Waals surface area (Å²) in [5.74, 6) is 0.731. The lowest BCUT2D eigenvalue weighted by Gasteiger charge is -2.38. The van der Waals surface area contributed by atoms with Crippen LogP contribution in [0.15, 0.2) is 0 Å². The van der Waals surface area contributed by atoms with Crippen molar-refractivity contribution in [2.24, 2.45) is 5.92 Å². The first kappa shape index (κ1) is 15.2. The van der Waals surface area contributed by atoms with E-state index in [0.29, 0.717) is 12.6 Å². The van der Waals surface area contributed by atoms with E-state index in [4.69, 9.17) is 4.74 Å². The zero-order chi connectivity index (χ0) is 13.5. The average molecular weight is 270 g/mol. The van der Waals surface area contributed by atoms with Crippen LogP contribution in [0, 0.1) is 5.92 Å². The van der Waals surface area contributed by atoms with Crippen molar-refractivity contribution < 1.29 is 9.84 Å². The molecule has 1 aliphatic carbocycles. The van der Waals surface area contributed by atoms with Crippen molar-refractivity contribution in [1.29, 1.82) is 0 Å². The Morgan fingerprint density at radius 1 is 1.26 bits per heavy atom. The van der Waals surface area contributed by atoms with E-state index in [1.807, 2.05) is 0 Å². The normalized spacial score (nSPS) is 34.1. The van der Waals surface area contributed by atoms with Gasteiger partial charge >= 0.3 is 0 Å². The molecule has 0 aromatic heterocycles. The lowest BCUT2D eigenvalue weighted by molar-refractivity contribution is -0.0359. The molecular formula is C15H30N2O2. The van der Waals surface area contributed by atoms with Crippen molar-refractivity contribution in [3.8, 4) is 0 Å². The minimum Gasteiger partial charge on any atom is -0.395 e. The summed E-state index contributed by atoms with van der Waals surface area (Å²) in [7, 11) is 0. The standard InChI is InChI=1S/C15H30N2O2/c1-2-16-15-7-5-3-4-6-13(15)10-17-8-9-19-12-14(17)11-18/h13-16,18H,2-12H2,1H3. The van der Waals surface area contributed by atoms with Gasteiger partial charge in [-0.1, -0.05) is 26.2 Å². The lowest BCUT2D eigenvalue weighted by atomic mass is 9.93.